The van der Waals surface area contributed by atoms with E-state index >= 15 is 0 Å². The minimum atomic E-state index is 0.642. The fraction of sp³-hybridized carbons (Fsp3) is 0.421. The van der Waals surface area contributed by atoms with Crippen molar-refractivity contribution in [2.24, 2.45) is 0 Å². The molecule has 0 atom stereocenters. The van der Waals surface area contributed by atoms with E-state index in [4.69, 9.17) is 0 Å². The minimum Gasteiger partial charge on any atom is -0.308 e. The molecular weight excluding hydrogens is 256 g/mol. The summed E-state index contributed by atoms with van der Waals surface area (Å²) in [6.07, 6.45) is 5.45. The van der Waals surface area contributed by atoms with Gasteiger partial charge < -0.3 is 5.32 Å². The Hall–Kier alpha value is -1.67. The highest BCUT2D eigenvalue weighted by Gasteiger charge is 2.29. The van der Waals surface area contributed by atoms with Crippen LogP contribution in [0.3, 0.4) is 0 Å². The Bertz CT molecular complexity index is 583. The van der Waals surface area contributed by atoms with Crippen molar-refractivity contribution in [2.45, 2.75) is 51.6 Å². The summed E-state index contributed by atoms with van der Waals surface area (Å²) in [5.41, 5.74) is 5.40. The zero-order valence-corrected chi connectivity index (χ0v) is 13.0. The second-order valence-electron chi connectivity index (χ2n) is 6.12. The molecular formula is C19H24N2. The van der Waals surface area contributed by atoms with Crippen LogP contribution in [0.1, 0.15) is 48.1 Å². The van der Waals surface area contributed by atoms with Crippen molar-refractivity contribution in [3.8, 4) is 0 Å². The minimum absolute atomic E-state index is 0.642. The molecule has 0 aliphatic heterocycles. The van der Waals surface area contributed by atoms with E-state index in [1.807, 2.05) is 12.3 Å². The molecule has 1 heterocycles. The van der Waals surface area contributed by atoms with Gasteiger partial charge in [-0.1, -0.05) is 42.8 Å². The summed E-state index contributed by atoms with van der Waals surface area (Å²) in [4.78, 5) is 4.50. The van der Waals surface area contributed by atoms with Crippen molar-refractivity contribution < 1.29 is 0 Å². The number of nitrogens with zero attached hydrogens (tertiary/aromatic N) is 1. The second kappa shape index (κ2) is 6.40. The highest BCUT2D eigenvalue weighted by molar-refractivity contribution is 5.27. The zero-order chi connectivity index (χ0) is 14.7. The van der Waals surface area contributed by atoms with Crippen LogP contribution in [0.25, 0.3) is 0 Å². The summed E-state index contributed by atoms with van der Waals surface area (Å²) in [7, 11) is 0. The first kappa shape index (κ1) is 14.3. The summed E-state index contributed by atoms with van der Waals surface area (Å²) in [5.74, 6) is 0.734. The number of benzene rings is 1. The van der Waals surface area contributed by atoms with Gasteiger partial charge in [0.1, 0.15) is 0 Å². The van der Waals surface area contributed by atoms with Crippen molar-refractivity contribution >= 4 is 0 Å². The van der Waals surface area contributed by atoms with E-state index in [0.29, 0.717) is 6.04 Å². The van der Waals surface area contributed by atoms with Gasteiger partial charge in [0, 0.05) is 18.8 Å². The van der Waals surface area contributed by atoms with Gasteiger partial charge in [-0.3, -0.25) is 4.98 Å². The fourth-order valence-corrected chi connectivity index (χ4v) is 3.09. The molecule has 0 amide bonds. The van der Waals surface area contributed by atoms with Crippen molar-refractivity contribution in [3.63, 3.8) is 0 Å². The molecule has 21 heavy (non-hydrogen) atoms. The van der Waals surface area contributed by atoms with Gasteiger partial charge in [0.05, 0.1) is 5.69 Å². The van der Waals surface area contributed by atoms with Crippen molar-refractivity contribution in [3.05, 3.63) is 65.0 Å². The highest BCUT2D eigenvalue weighted by Crippen LogP contribution is 2.37. The van der Waals surface area contributed by atoms with Crippen LogP contribution in [0.2, 0.25) is 0 Å². The third-order valence-corrected chi connectivity index (χ3v) is 4.61. The quantitative estimate of drug-likeness (QED) is 0.896. The number of hydrogen-bond acceptors (Lipinski definition) is 2. The van der Waals surface area contributed by atoms with Crippen LogP contribution >= 0.6 is 0 Å². The number of aromatic nitrogens is 1. The summed E-state index contributed by atoms with van der Waals surface area (Å²) in [5, 5.41) is 3.66. The Morgan fingerprint density at radius 2 is 1.90 bits per heavy atom. The van der Waals surface area contributed by atoms with Crippen LogP contribution in [-0.4, -0.2) is 11.0 Å². The largest absolute Gasteiger partial charge is 0.308 e. The average molecular weight is 280 g/mol. The number of aryl methyl sites for hydroxylation is 2. The van der Waals surface area contributed by atoms with Gasteiger partial charge in [-0.15, -0.1) is 0 Å². The van der Waals surface area contributed by atoms with Gasteiger partial charge in [0.2, 0.25) is 0 Å². The van der Waals surface area contributed by atoms with E-state index < -0.39 is 0 Å². The van der Waals surface area contributed by atoms with Gasteiger partial charge in [0.15, 0.2) is 0 Å². The Labute approximate surface area is 127 Å². The molecule has 2 heteroatoms. The lowest BCUT2D eigenvalue weighted by atomic mass is 9.75. The Kier molecular flexibility index (Phi) is 4.35. The van der Waals surface area contributed by atoms with Gasteiger partial charge in [0.25, 0.3) is 0 Å². The summed E-state index contributed by atoms with van der Waals surface area (Å²) >= 11 is 0. The van der Waals surface area contributed by atoms with Gasteiger partial charge in [-0.2, -0.15) is 0 Å². The molecule has 0 unspecified atom stereocenters. The van der Waals surface area contributed by atoms with E-state index in [-0.39, 0.29) is 0 Å². The molecule has 1 aromatic carbocycles. The Morgan fingerprint density at radius 3 is 2.62 bits per heavy atom. The molecule has 0 saturated heterocycles. The smallest absolute Gasteiger partial charge is 0.0573 e. The van der Waals surface area contributed by atoms with E-state index in [1.54, 1.807) is 0 Å². The maximum Gasteiger partial charge on any atom is 0.0573 e. The molecule has 1 saturated carbocycles. The normalized spacial score (nSPS) is 21.0. The lowest BCUT2D eigenvalue weighted by Crippen LogP contribution is -2.39. The maximum atomic E-state index is 4.50. The molecule has 1 N–H and O–H groups in total. The first-order valence-corrected chi connectivity index (χ1v) is 7.99. The first-order valence-electron chi connectivity index (χ1n) is 7.99. The number of nitrogens with one attached hydrogen (secondary N) is 1. The van der Waals surface area contributed by atoms with E-state index in [9.17, 15) is 0 Å². The highest BCUT2D eigenvalue weighted by atomic mass is 14.9. The van der Waals surface area contributed by atoms with Gasteiger partial charge in [-0.05, 0) is 49.3 Å². The van der Waals surface area contributed by atoms with Crippen molar-refractivity contribution in [2.75, 3.05) is 0 Å². The predicted octanol–water partition coefficient (Wildman–Crippen LogP) is 3.99. The zero-order valence-electron chi connectivity index (χ0n) is 13.0. The van der Waals surface area contributed by atoms with Crippen molar-refractivity contribution in [1.82, 2.24) is 10.3 Å². The molecule has 0 bridgehead atoms. The average Bonchev–Trinajstić information content (AvgIpc) is 2.48. The summed E-state index contributed by atoms with van der Waals surface area (Å²) < 4.78 is 0. The van der Waals surface area contributed by atoms with Crippen LogP contribution in [-0.2, 0) is 13.0 Å². The molecule has 2 aromatic rings. The van der Waals surface area contributed by atoms with Crippen molar-refractivity contribution in [1.29, 1.82) is 0 Å². The molecule has 1 aromatic heterocycles. The molecule has 110 valence electrons. The van der Waals surface area contributed by atoms with Gasteiger partial charge in [-0.25, -0.2) is 0 Å². The summed E-state index contributed by atoms with van der Waals surface area (Å²) in [6, 6.07) is 13.9. The fourth-order valence-electron chi connectivity index (χ4n) is 3.09. The monoisotopic (exact) mass is 280 g/mol. The molecule has 0 spiro atoms. The molecule has 0 radical (unpaired) electrons. The summed E-state index contributed by atoms with van der Waals surface area (Å²) in [6.45, 7) is 5.24. The van der Waals surface area contributed by atoms with E-state index in [2.05, 4.69) is 54.5 Å². The molecule has 1 aliphatic rings. The Balaban J connectivity index is 1.50. The molecule has 1 aliphatic carbocycles. The van der Waals surface area contributed by atoms with E-state index in [1.165, 1.54) is 35.2 Å². The lowest BCUT2D eigenvalue weighted by molar-refractivity contribution is 0.288. The lowest BCUT2D eigenvalue weighted by Gasteiger charge is -2.36. The topological polar surface area (TPSA) is 24.9 Å². The third kappa shape index (κ3) is 3.33. The number of pyridine rings is 1. The number of hydrogen-bond donors (Lipinski definition) is 1. The van der Waals surface area contributed by atoms with Crippen LogP contribution in [0.5, 0.6) is 0 Å². The van der Waals surface area contributed by atoms with Crippen LogP contribution in [0, 0.1) is 6.92 Å². The SMILES string of the molecule is CCc1cccnc1CNC1CC(c2ccc(C)cc2)C1. The number of rotatable bonds is 5. The van der Waals surface area contributed by atoms with E-state index in [0.717, 1.165) is 18.9 Å². The second-order valence-corrected chi connectivity index (χ2v) is 6.12. The third-order valence-electron chi connectivity index (χ3n) is 4.61. The van der Waals surface area contributed by atoms with Crippen LogP contribution < -0.4 is 5.32 Å². The predicted molar refractivity (Wildman–Crippen MR) is 87.4 cm³/mol. The standard InChI is InChI=1S/C19H24N2/c1-3-15-5-4-10-20-19(15)13-21-18-11-17(12-18)16-8-6-14(2)7-9-16/h4-10,17-18,21H,3,11-13H2,1-2H3. The molecule has 1 fully saturated rings. The maximum absolute atomic E-state index is 4.50. The van der Waals surface area contributed by atoms with Gasteiger partial charge >= 0.3 is 0 Å². The van der Waals surface area contributed by atoms with Crippen LogP contribution in [0.15, 0.2) is 42.6 Å². The first-order chi connectivity index (χ1) is 10.3. The van der Waals surface area contributed by atoms with Crippen LogP contribution in [0.4, 0.5) is 0 Å². The molecule has 3 rings (SSSR count). The Morgan fingerprint density at radius 1 is 1.14 bits per heavy atom. The molecule has 2 nitrogen and oxygen atoms in total.